The second-order valence-corrected chi connectivity index (χ2v) is 5.78. The van der Waals surface area contributed by atoms with Crippen LogP contribution in [-0.2, 0) is 18.0 Å². The third kappa shape index (κ3) is 2.45. The van der Waals surface area contributed by atoms with Crippen LogP contribution in [0.5, 0.6) is 0 Å². The summed E-state index contributed by atoms with van der Waals surface area (Å²) in [6.45, 7) is 0. The van der Waals surface area contributed by atoms with Gasteiger partial charge in [0, 0.05) is 33.8 Å². The predicted molar refractivity (Wildman–Crippen MR) is 48.9 cm³/mol. The van der Waals surface area contributed by atoms with Crippen molar-refractivity contribution >= 4 is 8.80 Å². The summed E-state index contributed by atoms with van der Waals surface area (Å²) in [5.41, 5.74) is 0. The Kier molecular flexibility index (Phi) is 3.75. The molecule has 0 aromatic rings. The first-order valence-corrected chi connectivity index (χ1v) is 6.01. The third-order valence-corrected chi connectivity index (χ3v) is 4.83. The van der Waals surface area contributed by atoms with Crippen LogP contribution < -0.4 is 0 Å². The van der Waals surface area contributed by atoms with E-state index in [0.717, 1.165) is 12.5 Å². The van der Waals surface area contributed by atoms with Gasteiger partial charge in [-0.05, 0) is 5.92 Å². The fourth-order valence-electron chi connectivity index (χ4n) is 1.14. The van der Waals surface area contributed by atoms with Crippen LogP contribution in [0.4, 0.5) is 0 Å². The molecule has 1 unspecified atom stereocenters. The van der Waals surface area contributed by atoms with E-state index in [1.54, 1.807) is 21.3 Å². The zero-order valence-electron chi connectivity index (χ0n) is 8.12. The van der Waals surface area contributed by atoms with Crippen molar-refractivity contribution in [2.24, 2.45) is 0 Å². The average molecular weight is 202 g/mol. The normalized spacial score (nSPS) is 19.8. The Morgan fingerprint density at radius 2 is 1.77 bits per heavy atom. The minimum absolute atomic E-state index is 0.0346. The molecule has 0 saturated carbocycles. The molecule has 0 amide bonds. The Bertz CT molecular complexity index is 208. The molecule has 1 aliphatic heterocycles. The highest BCUT2D eigenvalue weighted by Crippen LogP contribution is 2.18. The molecule has 0 aromatic heterocycles. The average Bonchev–Trinajstić information content (AvgIpc) is 2.11. The highest BCUT2D eigenvalue weighted by Gasteiger charge is 2.38. The minimum atomic E-state index is -2.41. The van der Waals surface area contributed by atoms with Gasteiger partial charge in [-0.2, -0.15) is 0 Å². The zero-order chi connectivity index (χ0) is 9.73. The first-order chi connectivity index (χ1) is 6.26. The van der Waals surface area contributed by atoms with Crippen LogP contribution in [0.15, 0.2) is 0 Å². The molecule has 0 saturated heterocycles. The van der Waals surface area contributed by atoms with Gasteiger partial charge in [0.05, 0.1) is 0 Å². The molecular formula is C8H14O4Si. The lowest BCUT2D eigenvalue weighted by atomic mass is 10.2. The van der Waals surface area contributed by atoms with Crippen LogP contribution in [0.3, 0.4) is 0 Å². The summed E-state index contributed by atoms with van der Waals surface area (Å²) in [5.74, 6) is 2.87. The van der Waals surface area contributed by atoms with Gasteiger partial charge < -0.3 is 18.0 Å². The Morgan fingerprint density at radius 3 is 2.08 bits per heavy atom. The molecule has 13 heavy (non-hydrogen) atoms. The molecule has 0 bridgehead atoms. The quantitative estimate of drug-likeness (QED) is 0.467. The van der Waals surface area contributed by atoms with E-state index < -0.39 is 8.80 Å². The van der Waals surface area contributed by atoms with Crippen molar-refractivity contribution in [3.05, 3.63) is 0 Å². The van der Waals surface area contributed by atoms with E-state index in [9.17, 15) is 0 Å². The largest absolute Gasteiger partial charge is 0.500 e. The fraction of sp³-hybridized carbons (Fsp3) is 0.750. The second kappa shape index (κ2) is 4.63. The molecule has 0 fully saturated rings. The Labute approximate surface area is 79.5 Å². The molecule has 1 rings (SSSR count). The summed E-state index contributed by atoms with van der Waals surface area (Å²) in [6, 6.07) is 0.732. The summed E-state index contributed by atoms with van der Waals surface area (Å²) in [7, 11) is 2.40. The van der Waals surface area contributed by atoms with E-state index in [1.165, 1.54) is 0 Å². The lowest BCUT2D eigenvalue weighted by Gasteiger charge is -2.25. The van der Waals surface area contributed by atoms with Gasteiger partial charge in [-0.3, -0.25) is 0 Å². The lowest BCUT2D eigenvalue weighted by molar-refractivity contribution is 0.114. The summed E-state index contributed by atoms with van der Waals surface area (Å²) in [5, 5.41) is 0. The monoisotopic (exact) mass is 202 g/mol. The lowest BCUT2D eigenvalue weighted by Crippen LogP contribution is -2.43. The van der Waals surface area contributed by atoms with Crippen LogP contribution in [-0.4, -0.2) is 36.2 Å². The predicted octanol–water partition coefficient (Wildman–Crippen LogP) is 0.614. The summed E-state index contributed by atoms with van der Waals surface area (Å²) >= 11 is 0. The zero-order valence-corrected chi connectivity index (χ0v) is 9.12. The third-order valence-electron chi connectivity index (χ3n) is 2.07. The molecule has 1 aliphatic rings. The van der Waals surface area contributed by atoms with Gasteiger partial charge in [-0.15, -0.1) is 0 Å². The van der Waals surface area contributed by atoms with Crippen molar-refractivity contribution in [3.63, 3.8) is 0 Å². The van der Waals surface area contributed by atoms with Crippen molar-refractivity contribution in [2.45, 2.75) is 18.6 Å². The second-order valence-electron chi connectivity index (χ2n) is 2.69. The topological polar surface area (TPSA) is 36.9 Å². The van der Waals surface area contributed by atoms with Gasteiger partial charge in [-0.1, -0.05) is 0 Å². The molecular weight excluding hydrogens is 188 g/mol. The van der Waals surface area contributed by atoms with Crippen LogP contribution >= 0.6 is 0 Å². The van der Waals surface area contributed by atoms with Crippen molar-refractivity contribution in [1.29, 1.82) is 0 Å². The van der Waals surface area contributed by atoms with Crippen molar-refractivity contribution in [1.82, 2.24) is 0 Å². The Balaban J connectivity index is 2.34. The van der Waals surface area contributed by atoms with Gasteiger partial charge in [0.25, 0.3) is 0 Å². The maximum absolute atomic E-state index is 5.25. The Morgan fingerprint density at radius 1 is 1.23 bits per heavy atom. The van der Waals surface area contributed by atoms with Gasteiger partial charge in [0.2, 0.25) is 0 Å². The van der Waals surface area contributed by atoms with E-state index in [0.29, 0.717) is 0 Å². The number of hydrogen-bond acceptors (Lipinski definition) is 4. The maximum Gasteiger partial charge on any atom is 0.500 e. The van der Waals surface area contributed by atoms with Crippen LogP contribution in [0.1, 0.15) is 6.42 Å². The minimum Gasteiger partial charge on any atom is -0.430 e. The first kappa shape index (κ1) is 10.5. The van der Waals surface area contributed by atoms with E-state index >= 15 is 0 Å². The first-order valence-electron chi connectivity index (χ1n) is 4.08. The molecule has 5 heteroatoms. The van der Waals surface area contributed by atoms with Crippen LogP contribution in [0.25, 0.3) is 0 Å². The molecule has 0 aromatic carbocycles. The molecule has 0 N–H and O–H groups in total. The molecule has 1 heterocycles. The number of rotatable bonds is 6. The van der Waals surface area contributed by atoms with Gasteiger partial charge in [0.15, 0.2) is 6.10 Å². The van der Waals surface area contributed by atoms with E-state index in [2.05, 4.69) is 12.0 Å². The smallest absolute Gasteiger partial charge is 0.430 e. The molecule has 0 radical (unpaired) electrons. The molecule has 4 nitrogen and oxygen atoms in total. The van der Waals surface area contributed by atoms with Crippen molar-refractivity contribution < 1.29 is 18.0 Å². The standard InChI is InChI=1S/C8H14O4Si/c1-9-13(10-2,11-3)7-5-8-4-6-12-8/h8H,5,7H2,1-3H3. The number of ether oxygens (including phenoxy) is 1. The molecule has 0 spiro atoms. The SMILES string of the molecule is CO[Si](CCC1C#CO1)(OC)OC. The van der Waals surface area contributed by atoms with Gasteiger partial charge in [-0.25, -0.2) is 0 Å². The summed E-state index contributed by atoms with van der Waals surface area (Å²) in [4.78, 5) is 0. The fourth-order valence-corrected chi connectivity index (χ4v) is 2.87. The van der Waals surface area contributed by atoms with E-state index in [1.807, 2.05) is 0 Å². The van der Waals surface area contributed by atoms with Crippen LogP contribution in [0, 0.1) is 12.0 Å². The van der Waals surface area contributed by atoms with Gasteiger partial charge in [0.1, 0.15) is 6.11 Å². The molecule has 1 atom stereocenters. The van der Waals surface area contributed by atoms with E-state index in [-0.39, 0.29) is 6.10 Å². The van der Waals surface area contributed by atoms with E-state index in [4.69, 9.17) is 18.0 Å². The Hall–Kier alpha value is -0.543. The highest BCUT2D eigenvalue weighted by molar-refractivity contribution is 6.60. The summed E-state index contributed by atoms with van der Waals surface area (Å²) in [6.07, 6.45) is 3.33. The maximum atomic E-state index is 5.25. The molecule has 74 valence electrons. The van der Waals surface area contributed by atoms with Crippen molar-refractivity contribution in [2.75, 3.05) is 21.3 Å². The molecule has 0 aliphatic carbocycles. The van der Waals surface area contributed by atoms with Gasteiger partial charge >= 0.3 is 8.80 Å². The number of hydrogen-bond donors (Lipinski definition) is 0. The highest BCUT2D eigenvalue weighted by atomic mass is 28.4. The van der Waals surface area contributed by atoms with Crippen LogP contribution in [0.2, 0.25) is 6.04 Å². The summed E-state index contributed by atoms with van der Waals surface area (Å²) < 4.78 is 20.7. The van der Waals surface area contributed by atoms with Crippen molar-refractivity contribution in [3.8, 4) is 12.0 Å².